The van der Waals surface area contributed by atoms with E-state index in [2.05, 4.69) is 4.90 Å². The summed E-state index contributed by atoms with van der Waals surface area (Å²) in [6.07, 6.45) is 6.81. The molecule has 0 atom stereocenters. The highest BCUT2D eigenvalue weighted by Gasteiger charge is 2.22. The number of rotatable bonds is 8. The molecule has 0 spiro atoms. The SMILES string of the molecule is NC(=O)COc1ccc(/C=C/C(=O)N2CCC(CCN3CCOCC3)CC2)cc1. The number of hydrogen-bond acceptors (Lipinski definition) is 5. The molecule has 0 radical (unpaired) electrons. The molecule has 1 aromatic rings. The molecule has 0 bridgehead atoms. The predicted molar refractivity (Wildman–Crippen MR) is 111 cm³/mol. The van der Waals surface area contributed by atoms with Gasteiger partial charge in [0.2, 0.25) is 5.91 Å². The summed E-state index contributed by atoms with van der Waals surface area (Å²) in [5.41, 5.74) is 5.97. The number of ether oxygens (including phenoxy) is 2. The van der Waals surface area contributed by atoms with E-state index in [1.807, 2.05) is 23.1 Å². The zero-order valence-corrected chi connectivity index (χ0v) is 16.9. The lowest BCUT2D eigenvalue weighted by Gasteiger charge is -2.33. The van der Waals surface area contributed by atoms with Crippen LogP contribution in [0.5, 0.6) is 5.75 Å². The maximum Gasteiger partial charge on any atom is 0.255 e. The number of carbonyl (C=O) groups excluding carboxylic acids is 2. The summed E-state index contributed by atoms with van der Waals surface area (Å²) in [7, 11) is 0. The third-order valence-corrected chi connectivity index (χ3v) is 5.56. The largest absolute Gasteiger partial charge is 0.484 e. The smallest absolute Gasteiger partial charge is 0.255 e. The average Bonchev–Trinajstić information content (AvgIpc) is 2.76. The van der Waals surface area contributed by atoms with Crippen LogP contribution in [0, 0.1) is 5.92 Å². The second kappa shape index (κ2) is 11.0. The maximum atomic E-state index is 12.5. The summed E-state index contributed by atoms with van der Waals surface area (Å²) < 4.78 is 10.6. The van der Waals surface area contributed by atoms with E-state index < -0.39 is 5.91 Å². The molecule has 29 heavy (non-hydrogen) atoms. The lowest BCUT2D eigenvalue weighted by Crippen LogP contribution is -2.40. The molecule has 7 nitrogen and oxygen atoms in total. The molecule has 158 valence electrons. The van der Waals surface area contributed by atoms with Crippen molar-refractivity contribution < 1.29 is 19.1 Å². The molecular weight excluding hydrogens is 370 g/mol. The summed E-state index contributed by atoms with van der Waals surface area (Å²) in [5, 5.41) is 0. The van der Waals surface area contributed by atoms with Gasteiger partial charge in [-0.1, -0.05) is 12.1 Å². The van der Waals surface area contributed by atoms with Crippen LogP contribution in [0.3, 0.4) is 0 Å². The zero-order valence-electron chi connectivity index (χ0n) is 16.9. The number of primary amides is 1. The van der Waals surface area contributed by atoms with Gasteiger partial charge in [-0.05, 0) is 55.5 Å². The average molecular weight is 402 g/mol. The van der Waals surface area contributed by atoms with Gasteiger partial charge < -0.3 is 20.1 Å². The first-order valence-corrected chi connectivity index (χ1v) is 10.4. The van der Waals surface area contributed by atoms with Crippen LogP contribution in [0.1, 0.15) is 24.8 Å². The van der Waals surface area contributed by atoms with Gasteiger partial charge >= 0.3 is 0 Å². The summed E-state index contributed by atoms with van der Waals surface area (Å²) in [4.78, 5) is 27.6. The minimum absolute atomic E-state index is 0.0608. The predicted octanol–water partition coefficient (Wildman–Crippen LogP) is 1.52. The van der Waals surface area contributed by atoms with Crippen LogP contribution in [0.25, 0.3) is 6.08 Å². The van der Waals surface area contributed by atoms with Gasteiger partial charge in [0.1, 0.15) is 5.75 Å². The number of amides is 2. The van der Waals surface area contributed by atoms with Crippen molar-refractivity contribution >= 4 is 17.9 Å². The first kappa shape index (κ1) is 21.3. The molecular formula is C22H31N3O4. The van der Waals surface area contributed by atoms with Crippen LogP contribution in [0.2, 0.25) is 0 Å². The molecule has 2 amide bonds. The fourth-order valence-corrected chi connectivity index (χ4v) is 3.73. The highest BCUT2D eigenvalue weighted by atomic mass is 16.5. The first-order valence-electron chi connectivity index (χ1n) is 10.4. The van der Waals surface area contributed by atoms with Crippen molar-refractivity contribution in [3.8, 4) is 5.75 Å². The molecule has 0 aromatic heterocycles. The zero-order chi connectivity index (χ0) is 20.5. The fourth-order valence-electron chi connectivity index (χ4n) is 3.73. The van der Waals surface area contributed by atoms with Crippen LogP contribution >= 0.6 is 0 Å². The van der Waals surface area contributed by atoms with E-state index in [-0.39, 0.29) is 12.5 Å². The Morgan fingerprint density at radius 1 is 1.10 bits per heavy atom. The van der Waals surface area contributed by atoms with E-state index in [1.54, 1.807) is 18.2 Å². The van der Waals surface area contributed by atoms with Crippen LogP contribution < -0.4 is 10.5 Å². The van der Waals surface area contributed by atoms with E-state index in [0.717, 1.165) is 64.3 Å². The molecule has 2 heterocycles. The Morgan fingerprint density at radius 2 is 1.79 bits per heavy atom. The Kier molecular flexibility index (Phi) is 8.07. The summed E-state index contributed by atoms with van der Waals surface area (Å²) in [6.45, 7) is 6.44. The second-order valence-corrected chi connectivity index (χ2v) is 7.67. The van der Waals surface area contributed by atoms with Gasteiger partial charge in [0.15, 0.2) is 6.61 Å². The number of piperidine rings is 1. The van der Waals surface area contributed by atoms with Gasteiger partial charge in [-0.25, -0.2) is 0 Å². The molecule has 2 N–H and O–H groups in total. The quantitative estimate of drug-likeness (QED) is 0.668. The van der Waals surface area contributed by atoms with Crippen molar-refractivity contribution in [3.05, 3.63) is 35.9 Å². The van der Waals surface area contributed by atoms with Gasteiger partial charge in [0.25, 0.3) is 5.91 Å². The molecule has 2 fully saturated rings. The molecule has 2 saturated heterocycles. The second-order valence-electron chi connectivity index (χ2n) is 7.67. The van der Waals surface area contributed by atoms with Crippen molar-refractivity contribution in [1.29, 1.82) is 0 Å². The molecule has 2 aliphatic heterocycles. The van der Waals surface area contributed by atoms with Crippen molar-refractivity contribution in [2.45, 2.75) is 19.3 Å². The minimum Gasteiger partial charge on any atom is -0.484 e. The molecule has 2 aliphatic rings. The monoisotopic (exact) mass is 401 g/mol. The highest BCUT2D eigenvalue weighted by Crippen LogP contribution is 2.21. The van der Waals surface area contributed by atoms with Gasteiger partial charge in [-0.15, -0.1) is 0 Å². The van der Waals surface area contributed by atoms with Crippen molar-refractivity contribution in [3.63, 3.8) is 0 Å². The number of nitrogens with zero attached hydrogens (tertiary/aromatic N) is 2. The molecule has 0 unspecified atom stereocenters. The maximum absolute atomic E-state index is 12.5. The Morgan fingerprint density at radius 3 is 2.45 bits per heavy atom. The Balaban J connectivity index is 1.38. The standard InChI is InChI=1S/C22H31N3O4/c23-21(26)17-29-20-4-1-18(2-5-20)3-6-22(27)25-11-8-19(9-12-25)7-10-24-13-15-28-16-14-24/h1-6,19H,7-17H2,(H2,23,26)/b6-3+. The topological polar surface area (TPSA) is 85.1 Å². The summed E-state index contributed by atoms with van der Waals surface area (Å²) in [5.74, 6) is 0.834. The minimum atomic E-state index is -0.510. The van der Waals surface area contributed by atoms with E-state index in [9.17, 15) is 9.59 Å². The van der Waals surface area contributed by atoms with Crippen LogP contribution in [-0.2, 0) is 14.3 Å². The summed E-state index contributed by atoms with van der Waals surface area (Å²) in [6, 6.07) is 7.20. The van der Waals surface area contributed by atoms with Gasteiger partial charge in [0, 0.05) is 32.3 Å². The van der Waals surface area contributed by atoms with Crippen LogP contribution in [0.15, 0.2) is 30.3 Å². The number of benzene rings is 1. The van der Waals surface area contributed by atoms with E-state index in [1.165, 1.54) is 6.42 Å². The number of carbonyl (C=O) groups is 2. The van der Waals surface area contributed by atoms with Gasteiger partial charge in [0.05, 0.1) is 13.2 Å². The number of morpholine rings is 1. The Hall–Kier alpha value is -2.38. The van der Waals surface area contributed by atoms with E-state index in [0.29, 0.717) is 11.7 Å². The fraction of sp³-hybridized carbons (Fsp3) is 0.545. The van der Waals surface area contributed by atoms with Crippen LogP contribution in [0.4, 0.5) is 0 Å². The van der Waals surface area contributed by atoms with Gasteiger partial charge in [-0.2, -0.15) is 0 Å². The van der Waals surface area contributed by atoms with E-state index in [4.69, 9.17) is 15.2 Å². The molecule has 3 rings (SSSR count). The lowest BCUT2D eigenvalue weighted by atomic mass is 9.93. The molecule has 0 saturated carbocycles. The molecule has 7 heteroatoms. The number of likely N-dealkylation sites (tertiary alicyclic amines) is 1. The van der Waals surface area contributed by atoms with Gasteiger partial charge in [-0.3, -0.25) is 14.5 Å². The molecule has 1 aromatic carbocycles. The Labute approximate surface area is 172 Å². The Bertz CT molecular complexity index is 691. The molecule has 0 aliphatic carbocycles. The summed E-state index contributed by atoms with van der Waals surface area (Å²) >= 11 is 0. The van der Waals surface area contributed by atoms with Crippen LogP contribution in [-0.4, -0.2) is 74.2 Å². The number of hydrogen-bond donors (Lipinski definition) is 1. The highest BCUT2D eigenvalue weighted by molar-refractivity contribution is 5.91. The third-order valence-electron chi connectivity index (χ3n) is 5.56. The van der Waals surface area contributed by atoms with Crippen molar-refractivity contribution in [2.75, 3.05) is 52.5 Å². The first-order chi connectivity index (χ1) is 14.1. The third kappa shape index (κ3) is 7.18. The normalized spacial score (nSPS) is 18.8. The lowest BCUT2D eigenvalue weighted by molar-refractivity contribution is -0.127. The van der Waals surface area contributed by atoms with Crippen molar-refractivity contribution in [2.24, 2.45) is 11.7 Å². The van der Waals surface area contributed by atoms with Crippen molar-refractivity contribution in [1.82, 2.24) is 9.80 Å². The van der Waals surface area contributed by atoms with E-state index >= 15 is 0 Å². The number of nitrogens with two attached hydrogens (primary N) is 1.